The molecular formula is C30H21BrN2O4S. The molecule has 1 amide bonds. The minimum atomic E-state index is -0.974. The number of hydrogen-bond donors (Lipinski definition) is 1. The van der Waals surface area contributed by atoms with E-state index in [2.05, 4.69) is 15.9 Å². The molecule has 8 heteroatoms. The van der Waals surface area contributed by atoms with Crippen LogP contribution in [0.4, 0.5) is 11.4 Å². The molecule has 1 heterocycles. The lowest BCUT2D eigenvalue weighted by molar-refractivity contribution is -0.113. The van der Waals surface area contributed by atoms with Crippen LogP contribution >= 0.6 is 27.7 Å². The predicted molar refractivity (Wildman–Crippen MR) is 155 cm³/mol. The molecule has 0 spiro atoms. The molecule has 0 aromatic heterocycles. The largest absolute Gasteiger partial charge is 0.488 e. The van der Waals surface area contributed by atoms with Crippen molar-refractivity contribution in [2.24, 2.45) is 4.99 Å². The highest BCUT2D eigenvalue weighted by molar-refractivity contribution is 9.10. The third kappa shape index (κ3) is 5.88. The topological polar surface area (TPSA) is 79.2 Å². The van der Waals surface area contributed by atoms with Crippen molar-refractivity contribution in [3.63, 3.8) is 0 Å². The number of rotatable bonds is 7. The number of amides is 1. The summed E-state index contributed by atoms with van der Waals surface area (Å²) in [6.07, 6.45) is 1.81. The van der Waals surface area contributed by atoms with E-state index in [1.807, 2.05) is 84.9 Å². The molecule has 4 aromatic carbocycles. The van der Waals surface area contributed by atoms with Crippen LogP contribution in [0.2, 0.25) is 0 Å². The Morgan fingerprint density at radius 1 is 0.947 bits per heavy atom. The molecule has 0 bridgehead atoms. The zero-order chi connectivity index (χ0) is 26.5. The highest BCUT2D eigenvalue weighted by atomic mass is 79.9. The number of benzene rings is 4. The summed E-state index contributed by atoms with van der Waals surface area (Å²) >= 11 is 4.82. The Hall–Kier alpha value is -4.14. The van der Waals surface area contributed by atoms with Gasteiger partial charge in [0.1, 0.15) is 12.4 Å². The number of para-hydroxylation sites is 2. The molecular weight excluding hydrogens is 564 g/mol. The van der Waals surface area contributed by atoms with E-state index in [9.17, 15) is 9.59 Å². The standard InChI is InChI=1S/C30H21BrN2O4S/c31-23-15-16-26(37-19-20-11-13-21(14-12-20)29(35)36)22(17-23)18-27-28(34)33(25-9-5-2-6-10-25)30(38-27)32-24-7-3-1-4-8-24/h1-18H,19H2,(H,35,36)/b27-18+,32-30?. The van der Waals surface area contributed by atoms with Crippen molar-refractivity contribution in [2.45, 2.75) is 6.61 Å². The lowest BCUT2D eigenvalue weighted by Gasteiger charge is -2.15. The number of carboxylic acids is 1. The number of amidine groups is 1. The van der Waals surface area contributed by atoms with E-state index >= 15 is 0 Å². The van der Waals surface area contributed by atoms with Crippen molar-refractivity contribution in [3.05, 3.63) is 129 Å². The molecule has 38 heavy (non-hydrogen) atoms. The van der Waals surface area contributed by atoms with Crippen LogP contribution in [0.3, 0.4) is 0 Å². The summed E-state index contributed by atoms with van der Waals surface area (Å²) in [4.78, 5) is 31.6. The van der Waals surface area contributed by atoms with Gasteiger partial charge in [-0.3, -0.25) is 9.69 Å². The molecule has 5 rings (SSSR count). The maximum atomic E-state index is 13.6. The average Bonchev–Trinajstić information content (AvgIpc) is 3.23. The van der Waals surface area contributed by atoms with Crippen LogP contribution in [0.1, 0.15) is 21.5 Å². The first-order chi connectivity index (χ1) is 18.5. The van der Waals surface area contributed by atoms with Gasteiger partial charge in [-0.2, -0.15) is 0 Å². The molecule has 1 fully saturated rings. The number of aromatic carboxylic acids is 1. The van der Waals surface area contributed by atoms with Crippen LogP contribution in [-0.4, -0.2) is 22.2 Å². The van der Waals surface area contributed by atoms with Crippen molar-refractivity contribution in [1.29, 1.82) is 0 Å². The number of thioether (sulfide) groups is 1. The summed E-state index contributed by atoms with van der Waals surface area (Å²) in [7, 11) is 0. The minimum Gasteiger partial charge on any atom is -0.488 e. The Bertz CT molecular complexity index is 1540. The monoisotopic (exact) mass is 584 g/mol. The highest BCUT2D eigenvalue weighted by Crippen LogP contribution is 2.38. The van der Waals surface area contributed by atoms with Crippen molar-refractivity contribution in [2.75, 3.05) is 4.90 Å². The normalized spacial score (nSPS) is 15.3. The Morgan fingerprint density at radius 2 is 1.63 bits per heavy atom. The maximum Gasteiger partial charge on any atom is 0.335 e. The maximum absolute atomic E-state index is 13.6. The summed E-state index contributed by atoms with van der Waals surface area (Å²) in [6.45, 7) is 0.246. The molecule has 6 nitrogen and oxygen atoms in total. The zero-order valence-corrected chi connectivity index (χ0v) is 22.4. The van der Waals surface area contributed by atoms with E-state index in [4.69, 9.17) is 14.8 Å². The van der Waals surface area contributed by atoms with Crippen LogP contribution in [0.15, 0.2) is 117 Å². The van der Waals surface area contributed by atoms with Gasteiger partial charge in [0, 0.05) is 10.0 Å². The number of anilines is 1. The number of carboxylic acid groups (broad SMARTS) is 1. The Labute approximate surface area is 232 Å². The fourth-order valence-electron chi connectivity index (χ4n) is 3.78. The fraction of sp³-hybridized carbons (Fsp3) is 0.0333. The molecule has 0 aliphatic carbocycles. The van der Waals surface area contributed by atoms with Gasteiger partial charge in [-0.25, -0.2) is 9.79 Å². The van der Waals surface area contributed by atoms with E-state index in [0.717, 1.165) is 27.0 Å². The van der Waals surface area contributed by atoms with Crippen molar-refractivity contribution >= 4 is 62.2 Å². The second-order valence-corrected chi connectivity index (χ2v) is 10.2. The van der Waals surface area contributed by atoms with Gasteiger partial charge < -0.3 is 9.84 Å². The van der Waals surface area contributed by atoms with Crippen molar-refractivity contribution in [3.8, 4) is 5.75 Å². The first kappa shape index (κ1) is 25.5. The van der Waals surface area contributed by atoms with Gasteiger partial charge in [-0.1, -0.05) is 64.5 Å². The third-order valence-electron chi connectivity index (χ3n) is 5.66. The number of hydrogen-bond acceptors (Lipinski definition) is 5. The zero-order valence-electron chi connectivity index (χ0n) is 20.0. The summed E-state index contributed by atoms with van der Waals surface area (Å²) in [6, 6.07) is 31.1. The quantitative estimate of drug-likeness (QED) is 0.227. The summed E-state index contributed by atoms with van der Waals surface area (Å²) in [5.41, 5.74) is 3.27. The first-order valence-corrected chi connectivity index (χ1v) is 13.3. The van der Waals surface area contributed by atoms with Crippen LogP contribution in [0.25, 0.3) is 6.08 Å². The van der Waals surface area contributed by atoms with Gasteiger partial charge in [-0.05, 0) is 78.0 Å². The van der Waals surface area contributed by atoms with Crippen LogP contribution in [-0.2, 0) is 11.4 Å². The smallest absolute Gasteiger partial charge is 0.335 e. The van der Waals surface area contributed by atoms with E-state index in [1.54, 1.807) is 29.2 Å². The predicted octanol–water partition coefficient (Wildman–Crippen LogP) is 7.53. The van der Waals surface area contributed by atoms with E-state index in [-0.39, 0.29) is 18.1 Å². The third-order valence-corrected chi connectivity index (χ3v) is 7.12. The average molecular weight is 585 g/mol. The molecule has 1 aliphatic heterocycles. The summed E-state index contributed by atoms with van der Waals surface area (Å²) in [5, 5.41) is 9.68. The van der Waals surface area contributed by atoms with Gasteiger partial charge in [0.05, 0.1) is 21.8 Å². The Morgan fingerprint density at radius 3 is 2.32 bits per heavy atom. The molecule has 0 atom stereocenters. The molecule has 4 aromatic rings. The number of carbonyl (C=O) groups excluding carboxylic acids is 1. The Kier molecular flexibility index (Phi) is 7.72. The highest BCUT2D eigenvalue weighted by Gasteiger charge is 2.35. The van der Waals surface area contributed by atoms with Gasteiger partial charge in [0.25, 0.3) is 5.91 Å². The SMILES string of the molecule is O=C(O)c1ccc(COc2ccc(Br)cc2/C=C2/SC(=Nc3ccccc3)N(c3ccccc3)C2=O)cc1. The number of aliphatic imine (C=N–C) groups is 1. The summed E-state index contributed by atoms with van der Waals surface area (Å²) in [5.74, 6) is -0.556. The van der Waals surface area contributed by atoms with Gasteiger partial charge in [-0.15, -0.1) is 0 Å². The van der Waals surface area contributed by atoms with Gasteiger partial charge in [0.15, 0.2) is 5.17 Å². The van der Waals surface area contributed by atoms with Crippen LogP contribution < -0.4 is 9.64 Å². The molecule has 188 valence electrons. The first-order valence-electron chi connectivity index (χ1n) is 11.7. The van der Waals surface area contributed by atoms with E-state index < -0.39 is 5.97 Å². The van der Waals surface area contributed by atoms with Crippen LogP contribution in [0.5, 0.6) is 5.75 Å². The molecule has 1 aliphatic rings. The second kappa shape index (κ2) is 11.5. The fourth-order valence-corrected chi connectivity index (χ4v) is 5.15. The molecule has 1 saturated heterocycles. The van der Waals surface area contributed by atoms with Gasteiger partial charge >= 0.3 is 5.97 Å². The number of halogens is 1. The second-order valence-electron chi connectivity index (χ2n) is 8.29. The van der Waals surface area contributed by atoms with Gasteiger partial charge in [0.2, 0.25) is 0 Å². The summed E-state index contributed by atoms with van der Waals surface area (Å²) < 4.78 is 6.92. The Balaban J connectivity index is 1.46. The number of nitrogens with zero attached hydrogens (tertiary/aromatic N) is 2. The van der Waals surface area contributed by atoms with Crippen LogP contribution in [0, 0.1) is 0 Å². The van der Waals surface area contributed by atoms with Crippen molar-refractivity contribution in [1.82, 2.24) is 0 Å². The van der Waals surface area contributed by atoms with E-state index in [0.29, 0.717) is 15.8 Å². The molecule has 0 unspecified atom stereocenters. The lowest BCUT2D eigenvalue weighted by Crippen LogP contribution is -2.28. The number of ether oxygens (including phenoxy) is 1. The number of carbonyl (C=O) groups is 2. The molecule has 0 radical (unpaired) electrons. The van der Waals surface area contributed by atoms with Crippen molar-refractivity contribution < 1.29 is 19.4 Å². The molecule has 1 N–H and O–H groups in total. The lowest BCUT2D eigenvalue weighted by atomic mass is 10.1. The van der Waals surface area contributed by atoms with E-state index in [1.165, 1.54) is 11.8 Å². The molecule has 0 saturated carbocycles. The minimum absolute atomic E-state index is 0.175.